The van der Waals surface area contributed by atoms with Gasteiger partial charge in [-0.15, -0.1) is 0 Å². The van der Waals surface area contributed by atoms with Crippen LogP contribution in [-0.4, -0.2) is 49.0 Å². The van der Waals surface area contributed by atoms with Gasteiger partial charge in [-0.2, -0.15) is 0 Å². The maximum atomic E-state index is 10.2. The van der Waals surface area contributed by atoms with Gasteiger partial charge in [-0.3, -0.25) is 0 Å². The minimum atomic E-state index is -0.541. The molecule has 0 spiro atoms. The first-order valence-electron chi connectivity index (χ1n) is 6.20. The summed E-state index contributed by atoms with van der Waals surface area (Å²) in [6.07, 6.45) is 0.0806. The number of likely N-dealkylation sites (N-methyl/N-ethyl adjacent to an activating group) is 1. The molecule has 0 saturated carbocycles. The number of aryl methyl sites for hydroxylation is 1. The molecule has 1 atom stereocenters. The monoisotopic (exact) mass is 253 g/mol. The van der Waals surface area contributed by atoms with Crippen LogP contribution in [0.2, 0.25) is 0 Å². The average Bonchev–Trinajstić information content (AvgIpc) is 2.36. The average molecular weight is 253 g/mol. The summed E-state index contributed by atoms with van der Waals surface area (Å²) in [4.78, 5) is 1.99. The molecule has 1 aromatic rings. The number of rotatable bonds is 7. The third kappa shape index (κ3) is 4.29. The van der Waals surface area contributed by atoms with Crippen molar-refractivity contribution in [3.05, 3.63) is 29.3 Å². The highest BCUT2D eigenvalue weighted by atomic mass is 16.5. The molecule has 0 fully saturated rings. The highest BCUT2D eigenvalue weighted by Gasteiger charge is 2.14. The lowest BCUT2D eigenvalue weighted by Crippen LogP contribution is -2.24. The lowest BCUT2D eigenvalue weighted by molar-refractivity contribution is 0.138. The van der Waals surface area contributed by atoms with E-state index >= 15 is 0 Å². The molecule has 1 aromatic carbocycles. The standard InChI is InChI=1S/C14H23NO3/c1-11-4-5-14(18-3)12(10-11)13(17)6-7-15(2)8-9-16/h4-5,10,13,16-17H,6-9H2,1-3H3. The van der Waals surface area contributed by atoms with Crippen LogP contribution in [0.15, 0.2) is 18.2 Å². The van der Waals surface area contributed by atoms with Crippen LogP contribution in [0.5, 0.6) is 5.75 Å². The highest BCUT2D eigenvalue weighted by molar-refractivity contribution is 5.38. The Balaban J connectivity index is 2.65. The van der Waals surface area contributed by atoms with Gasteiger partial charge in [0, 0.05) is 18.7 Å². The quantitative estimate of drug-likeness (QED) is 0.770. The number of hydrogen-bond donors (Lipinski definition) is 2. The Bertz CT molecular complexity index is 368. The van der Waals surface area contributed by atoms with Gasteiger partial charge < -0.3 is 19.8 Å². The van der Waals surface area contributed by atoms with Crippen LogP contribution in [-0.2, 0) is 0 Å². The van der Waals surface area contributed by atoms with E-state index in [0.29, 0.717) is 13.0 Å². The molecule has 2 N–H and O–H groups in total. The van der Waals surface area contributed by atoms with Crippen molar-refractivity contribution in [1.29, 1.82) is 0 Å². The normalized spacial score (nSPS) is 12.8. The molecule has 0 amide bonds. The summed E-state index contributed by atoms with van der Waals surface area (Å²) in [5, 5.41) is 19.0. The number of hydrogen-bond acceptors (Lipinski definition) is 4. The van der Waals surface area contributed by atoms with Gasteiger partial charge in [0.2, 0.25) is 0 Å². The summed E-state index contributed by atoms with van der Waals surface area (Å²) in [5.74, 6) is 0.720. The van der Waals surface area contributed by atoms with Gasteiger partial charge >= 0.3 is 0 Å². The van der Waals surface area contributed by atoms with Crippen molar-refractivity contribution in [1.82, 2.24) is 4.90 Å². The molecule has 0 heterocycles. The minimum absolute atomic E-state index is 0.139. The topological polar surface area (TPSA) is 52.9 Å². The highest BCUT2D eigenvalue weighted by Crippen LogP contribution is 2.28. The molecular weight excluding hydrogens is 230 g/mol. The second-order valence-corrected chi connectivity index (χ2v) is 4.58. The first-order chi connectivity index (χ1) is 8.58. The third-order valence-corrected chi connectivity index (χ3v) is 3.01. The summed E-state index contributed by atoms with van der Waals surface area (Å²) in [7, 11) is 3.54. The smallest absolute Gasteiger partial charge is 0.124 e. The van der Waals surface area contributed by atoms with Crippen molar-refractivity contribution in [2.75, 3.05) is 33.9 Å². The fourth-order valence-electron chi connectivity index (χ4n) is 1.89. The molecule has 0 saturated heterocycles. The first kappa shape index (κ1) is 15.0. The molecule has 0 bridgehead atoms. The van der Waals surface area contributed by atoms with E-state index in [1.807, 2.05) is 37.1 Å². The molecule has 4 nitrogen and oxygen atoms in total. The van der Waals surface area contributed by atoms with E-state index in [1.165, 1.54) is 0 Å². The Morgan fingerprint density at radius 1 is 1.33 bits per heavy atom. The van der Waals surface area contributed by atoms with Crippen molar-refractivity contribution in [3.8, 4) is 5.75 Å². The van der Waals surface area contributed by atoms with E-state index in [0.717, 1.165) is 23.4 Å². The van der Waals surface area contributed by atoms with Gasteiger partial charge in [-0.05, 0) is 32.5 Å². The largest absolute Gasteiger partial charge is 0.496 e. The summed E-state index contributed by atoms with van der Waals surface area (Å²) >= 11 is 0. The number of nitrogens with zero attached hydrogens (tertiary/aromatic N) is 1. The molecule has 0 aliphatic rings. The van der Waals surface area contributed by atoms with Crippen molar-refractivity contribution in [2.24, 2.45) is 0 Å². The molecule has 102 valence electrons. The Kier molecular flexibility index (Phi) is 6.12. The van der Waals surface area contributed by atoms with Crippen LogP contribution in [0.3, 0.4) is 0 Å². The maximum Gasteiger partial charge on any atom is 0.124 e. The van der Waals surface area contributed by atoms with Crippen molar-refractivity contribution >= 4 is 0 Å². The fourth-order valence-corrected chi connectivity index (χ4v) is 1.89. The van der Waals surface area contributed by atoms with Crippen LogP contribution >= 0.6 is 0 Å². The molecule has 0 radical (unpaired) electrons. The molecule has 1 rings (SSSR count). The van der Waals surface area contributed by atoms with Crippen LogP contribution < -0.4 is 4.74 Å². The van der Waals surface area contributed by atoms with Crippen LogP contribution in [0.4, 0.5) is 0 Å². The van der Waals surface area contributed by atoms with Crippen molar-refractivity contribution in [3.63, 3.8) is 0 Å². The van der Waals surface area contributed by atoms with Gasteiger partial charge in [0.05, 0.1) is 19.8 Å². The predicted octanol–water partition coefficient (Wildman–Crippen LogP) is 1.35. The molecule has 4 heteroatoms. The summed E-state index contributed by atoms with van der Waals surface area (Å²) in [5.41, 5.74) is 1.93. The lowest BCUT2D eigenvalue weighted by atomic mass is 10.0. The number of methoxy groups -OCH3 is 1. The Morgan fingerprint density at radius 2 is 2.06 bits per heavy atom. The lowest BCUT2D eigenvalue weighted by Gasteiger charge is -2.19. The summed E-state index contributed by atoms with van der Waals surface area (Å²) in [6.45, 7) is 3.49. The summed E-state index contributed by atoms with van der Waals surface area (Å²) in [6, 6.07) is 5.80. The minimum Gasteiger partial charge on any atom is -0.496 e. The van der Waals surface area contributed by atoms with E-state index in [1.54, 1.807) is 7.11 Å². The zero-order chi connectivity index (χ0) is 13.5. The number of benzene rings is 1. The van der Waals surface area contributed by atoms with Crippen LogP contribution in [0, 0.1) is 6.92 Å². The zero-order valence-electron chi connectivity index (χ0n) is 11.4. The first-order valence-corrected chi connectivity index (χ1v) is 6.20. The van der Waals surface area contributed by atoms with Crippen LogP contribution in [0.25, 0.3) is 0 Å². The van der Waals surface area contributed by atoms with E-state index < -0.39 is 6.10 Å². The Labute approximate surface area is 109 Å². The van der Waals surface area contributed by atoms with Crippen LogP contribution in [0.1, 0.15) is 23.7 Å². The number of ether oxygens (including phenoxy) is 1. The van der Waals surface area contributed by atoms with Gasteiger partial charge in [-0.25, -0.2) is 0 Å². The molecule has 18 heavy (non-hydrogen) atoms. The fraction of sp³-hybridized carbons (Fsp3) is 0.571. The van der Waals surface area contributed by atoms with Gasteiger partial charge in [0.25, 0.3) is 0 Å². The van der Waals surface area contributed by atoms with Gasteiger partial charge in [0.15, 0.2) is 0 Å². The molecule has 0 aliphatic carbocycles. The van der Waals surface area contributed by atoms with Crippen molar-refractivity contribution in [2.45, 2.75) is 19.4 Å². The summed E-state index contributed by atoms with van der Waals surface area (Å²) < 4.78 is 5.26. The number of aliphatic hydroxyl groups excluding tert-OH is 2. The Morgan fingerprint density at radius 3 is 2.67 bits per heavy atom. The third-order valence-electron chi connectivity index (χ3n) is 3.01. The van der Waals surface area contributed by atoms with E-state index in [2.05, 4.69) is 0 Å². The van der Waals surface area contributed by atoms with E-state index in [9.17, 15) is 5.11 Å². The SMILES string of the molecule is COc1ccc(C)cc1C(O)CCN(C)CCO. The molecular formula is C14H23NO3. The maximum absolute atomic E-state index is 10.2. The van der Waals surface area contributed by atoms with E-state index in [-0.39, 0.29) is 6.61 Å². The second kappa shape index (κ2) is 7.36. The Hall–Kier alpha value is -1.10. The van der Waals surface area contributed by atoms with Gasteiger partial charge in [-0.1, -0.05) is 11.6 Å². The molecule has 0 aliphatic heterocycles. The predicted molar refractivity (Wildman–Crippen MR) is 71.9 cm³/mol. The second-order valence-electron chi connectivity index (χ2n) is 4.58. The van der Waals surface area contributed by atoms with Gasteiger partial charge in [0.1, 0.15) is 5.75 Å². The molecule has 0 aromatic heterocycles. The molecule has 1 unspecified atom stereocenters. The zero-order valence-corrected chi connectivity index (χ0v) is 11.4. The van der Waals surface area contributed by atoms with E-state index in [4.69, 9.17) is 9.84 Å². The number of aliphatic hydroxyl groups is 2. The van der Waals surface area contributed by atoms with Crippen molar-refractivity contribution < 1.29 is 14.9 Å².